The van der Waals surface area contributed by atoms with Gasteiger partial charge in [0.2, 0.25) is 0 Å². The van der Waals surface area contributed by atoms with Crippen LogP contribution in [0, 0.1) is 5.92 Å². The van der Waals surface area contributed by atoms with Crippen LogP contribution in [-0.4, -0.2) is 45.8 Å². The van der Waals surface area contributed by atoms with Crippen molar-refractivity contribution in [2.45, 2.75) is 38.8 Å². The van der Waals surface area contributed by atoms with Crippen molar-refractivity contribution < 1.29 is 9.53 Å². The fourth-order valence-corrected chi connectivity index (χ4v) is 3.64. The van der Waals surface area contributed by atoms with Crippen LogP contribution in [-0.2, 0) is 16.1 Å². The maximum absolute atomic E-state index is 12.2. The number of esters is 1. The average Bonchev–Trinajstić information content (AvgIpc) is 3.10. The number of carbonyl (C=O) groups excluding carboxylic acids is 1. The summed E-state index contributed by atoms with van der Waals surface area (Å²) >= 11 is 0. The lowest BCUT2D eigenvalue weighted by atomic mass is 9.84. The zero-order valence-electron chi connectivity index (χ0n) is 15.1. The second kappa shape index (κ2) is 7.78. The van der Waals surface area contributed by atoms with Gasteiger partial charge in [-0.2, -0.15) is 5.10 Å². The van der Waals surface area contributed by atoms with Gasteiger partial charge in [0.25, 0.3) is 0 Å². The second-order valence-electron chi connectivity index (χ2n) is 6.97. The first kappa shape index (κ1) is 17.6. The molecule has 0 bridgehead atoms. The molecule has 0 amide bonds. The SMILES string of the molecule is COC(=O)[C@@H]1C[C@@H](c2ccccc2)CN(Cc2ncnn2C(C)C)C1. The van der Waals surface area contributed by atoms with Gasteiger partial charge < -0.3 is 4.74 Å². The average molecular weight is 342 g/mol. The van der Waals surface area contributed by atoms with Crippen molar-refractivity contribution in [1.82, 2.24) is 19.7 Å². The van der Waals surface area contributed by atoms with E-state index in [1.165, 1.54) is 12.7 Å². The van der Waals surface area contributed by atoms with Gasteiger partial charge in [0, 0.05) is 19.1 Å². The standard InChI is InChI=1S/C19H26N4O2/c1-14(2)23-18(20-13-21-23)12-22-10-16(15-7-5-4-6-8-15)9-17(11-22)19(24)25-3/h4-8,13-14,16-17H,9-12H2,1-3H3/t16-,17-/m1/s1. The van der Waals surface area contributed by atoms with Crippen molar-refractivity contribution >= 4 is 5.97 Å². The minimum atomic E-state index is -0.129. The number of ether oxygens (including phenoxy) is 1. The topological polar surface area (TPSA) is 60.2 Å². The lowest BCUT2D eigenvalue weighted by Crippen LogP contribution is -2.42. The number of aromatic nitrogens is 3. The van der Waals surface area contributed by atoms with E-state index in [-0.39, 0.29) is 17.9 Å². The lowest BCUT2D eigenvalue weighted by Gasteiger charge is -2.36. The number of nitrogens with zero attached hydrogens (tertiary/aromatic N) is 4. The van der Waals surface area contributed by atoms with E-state index in [1.807, 2.05) is 10.7 Å². The Morgan fingerprint density at radius 3 is 2.72 bits per heavy atom. The third-order valence-electron chi connectivity index (χ3n) is 4.83. The highest BCUT2D eigenvalue weighted by Gasteiger charge is 2.33. The zero-order chi connectivity index (χ0) is 17.8. The first-order valence-electron chi connectivity index (χ1n) is 8.82. The van der Waals surface area contributed by atoms with Crippen molar-refractivity contribution in [3.05, 3.63) is 48.0 Å². The number of piperidine rings is 1. The molecule has 1 saturated heterocycles. The van der Waals surface area contributed by atoms with Crippen LogP contribution in [0.5, 0.6) is 0 Å². The molecule has 134 valence electrons. The molecule has 1 aliphatic rings. The molecule has 2 aromatic rings. The van der Waals surface area contributed by atoms with Crippen LogP contribution < -0.4 is 0 Å². The minimum Gasteiger partial charge on any atom is -0.469 e. The number of hydrogen-bond acceptors (Lipinski definition) is 5. The zero-order valence-corrected chi connectivity index (χ0v) is 15.1. The van der Waals surface area contributed by atoms with Gasteiger partial charge in [-0.25, -0.2) is 9.67 Å². The molecule has 6 nitrogen and oxygen atoms in total. The van der Waals surface area contributed by atoms with E-state index in [0.29, 0.717) is 19.0 Å². The maximum Gasteiger partial charge on any atom is 0.309 e. The van der Waals surface area contributed by atoms with E-state index in [2.05, 4.69) is 53.1 Å². The molecule has 0 spiro atoms. The molecule has 0 N–H and O–H groups in total. The van der Waals surface area contributed by atoms with Gasteiger partial charge in [-0.15, -0.1) is 0 Å². The summed E-state index contributed by atoms with van der Waals surface area (Å²) in [5.74, 6) is 1.01. The maximum atomic E-state index is 12.2. The Kier molecular flexibility index (Phi) is 5.48. The summed E-state index contributed by atoms with van der Waals surface area (Å²) in [5.41, 5.74) is 1.27. The Labute approximate surface area is 148 Å². The molecule has 2 heterocycles. The fraction of sp³-hybridized carbons (Fsp3) is 0.526. The Hall–Kier alpha value is -2.21. The summed E-state index contributed by atoms with van der Waals surface area (Å²) < 4.78 is 6.96. The predicted octanol–water partition coefficient (Wildman–Crippen LogP) is 2.64. The van der Waals surface area contributed by atoms with E-state index in [1.54, 1.807) is 6.33 Å². The molecule has 0 radical (unpaired) electrons. The molecule has 3 rings (SSSR count). The van der Waals surface area contributed by atoms with Crippen LogP contribution in [0.25, 0.3) is 0 Å². The molecule has 1 aromatic heterocycles. The van der Waals surface area contributed by atoms with Gasteiger partial charge >= 0.3 is 5.97 Å². The highest BCUT2D eigenvalue weighted by molar-refractivity contribution is 5.72. The normalized spacial score (nSPS) is 21.4. The monoisotopic (exact) mass is 342 g/mol. The van der Waals surface area contributed by atoms with E-state index >= 15 is 0 Å². The van der Waals surface area contributed by atoms with Gasteiger partial charge in [-0.3, -0.25) is 9.69 Å². The van der Waals surface area contributed by atoms with Gasteiger partial charge in [-0.05, 0) is 31.7 Å². The van der Waals surface area contributed by atoms with Crippen LogP contribution >= 0.6 is 0 Å². The fourth-order valence-electron chi connectivity index (χ4n) is 3.64. The molecule has 1 fully saturated rings. The summed E-state index contributed by atoms with van der Waals surface area (Å²) in [6, 6.07) is 10.7. The second-order valence-corrected chi connectivity index (χ2v) is 6.97. The molecule has 0 saturated carbocycles. The summed E-state index contributed by atoms with van der Waals surface area (Å²) in [6.45, 7) is 6.48. The number of carbonyl (C=O) groups is 1. The molecule has 1 aliphatic heterocycles. The van der Waals surface area contributed by atoms with Crippen LogP contribution in [0.15, 0.2) is 36.7 Å². The van der Waals surface area contributed by atoms with Crippen LogP contribution in [0.1, 0.15) is 43.6 Å². The number of rotatable bonds is 5. The third kappa shape index (κ3) is 4.07. The molecule has 0 unspecified atom stereocenters. The number of hydrogen-bond donors (Lipinski definition) is 0. The molecule has 6 heteroatoms. The van der Waals surface area contributed by atoms with Crippen molar-refractivity contribution in [3.8, 4) is 0 Å². The summed E-state index contributed by atoms with van der Waals surface area (Å²) in [4.78, 5) is 18.9. The minimum absolute atomic E-state index is 0.112. The lowest BCUT2D eigenvalue weighted by molar-refractivity contribution is -0.147. The largest absolute Gasteiger partial charge is 0.469 e. The number of likely N-dealkylation sites (tertiary alicyclic amines) is 1. The van der Waals surface area contributed by atoms with Gasteiger partial charge in [0.05, 0.1) is 19.6 Å². The van der Waals surface area contributed by atoms with E-state index < -0.39 is 0 Å². The number of benzene rings is 1. The van der Waals surface area contributed by atoms with E-state index in [4.69, 9.17) is 4.74 Å². The van der Waals surface area contributed by atoms with Crippen molar-refractivity contribution in [2.24, 2.45) is 5.92 Å². The number of methoxy groups -OCH3 is 1. The summed E-state index contributed by atoms with van der Waals surface area (Å²) in [5, 5.41) is 4.32. The van der Waals surface area contributed by atoms with Crippen molar-refractivity contribution in [2.75, 3.05) is 20.2 Å². The molecule has 25 heavy (non-hydrogen) atoms. The highest BCUT2D eigenvalue weighted by Crippen LogP contribution is 2.31. The third-order valence-corrected chi connectivity index (χ3v) is 4.83. The van der Waals surface area contributed by atoms with Crippen molar-refractivity contribution in [3.63, 3.8) is 0 Å². The van der Waals surface area contributed by atoms with Gasteiger partial charge in [0.15, 0.2) is 0 Å². The Morgan fingerprint density at radius 1 is 1.28 bits per heavy atom. The first-order valence-corrected chi connectivity index (χ1v) is 8.82. The van der Waals surface area contributed by atoms with Gasteiger partial charge in [-0.1, -0.05) is 30.3 Å². The first-order chi connectivity index (χ1) is 12.1. The quantitative estimate of drug-likeness (QED) is 0.782. The smallest absolute Gasteiger partial charge is 0.309 e. The van der Waals surface area contributed by atoms with Crippen LogP contribution in [0.4, 0.5) is 0 Å². The van der Waals surface area contributed by atoms with E-state index in [9.17, 15) is 4.79 Å². The molecular weight excluding hydrogens is 316 g/mol. The van der Waals surface area contributed by atoms with E-state index in [0.717, 1.165) is 18.8 Å². The van der Waals surface area contributed by atoms with Gasteiger partial charge in [0.1, 0.15) is 12.2 Å². The molecule has 0 aliphatic carbocycles. The molecular formula is C19H26N4O2. The Morgan fingerprint density at radius 2 is 2.04 bits per heavy atom. The van der Waals surface area contributed by atoms with Crippen LogP contribution in [0.3, 0.4) is 0 Å². The van der Waals surface area contributed by atoms with Crippen LogP contribution in [0.2, 0.25) is 0 Å². The molecule has 1 aromatic carbocycles. The Balaban J connectivity index is 1.80. The predicted molar refractivity (Wildman–Crippen MR) is 95.0 cm³/mol. The Bertz CT molecular complexity index is 698. The summed E-state index contributed by atoms with van der Waals surface area (Å²) in [7, 11) is 1.47. The molecule has 2 atom stereocenters. The van der Waals surface area contributed by atoms with Crippen molar-refractivity contribution in [1.29, 1.82) is 0 Å². The highest BCUT2D eigenvalue weighted by atomic mass is 16.5. The summed E-state index contributed by atoms with van der Waals surface area (Å²) in [6.07, 6.45) is 2.43.